The summed E-state index contributed by atoms with van der Waals surface area (Å²) in [6, 6.07) is 12.5. The molecule has 1 aliphatic heterocycles. The molecule has 7 nitrogen and oxygen atoms in total. The standard InChI is InChI=1S/C19H18ClN3O4/c20-15-3-5-16(6-4-15)21-18(24)13-9-11-22(12-10-13)19(25)14-1-7-17(8-2-14)23(26)27/h1-8,13H,9-12H2,(H,21,24). The molecule has 8 heteroatoms. The topological polar surface area (TPSA) is 92.6 Å². The lowest BCUT2D eigenvalue weighted by Gasteiger charge is -2.31. The van der Waals surface area contributed by atoms with Crippen LogP contribution in [0, 0.1) is 16.0 Å². The molecule has 0 aromatic heterocycles. The first kappa shape index (κ1) is 18.8. The van der Waals surface area contributed by atoms with Crippen molar-refractivity contribution in [2.75, 3.05) is 18.4 Å². The van der Waals surface area contributed by atoms with Gasteiger partial charge in [0.2, 0.25) is 5.91 Å². The molecule has 0 unspecified atom stereocenters. The second-order valence-corrected chi connectivity index (χ2v) is 6.80. The van der Waals surface area contributed by atoms with Crippen molar-refractivity contribution in [1.82, 2.24) is 4.90 Å². The summed E-state index contributed by atoms with van der Waals surface area (Å²) in [4.78, 5) is 36.8. The first-order valence-electron chi connectivity index (χ1n) is 8.54. The summed E-state index contributed by atoms with van der Waals surface area (Å²) >= 11 is 5.83. The van der Waals surface area contributed by atoms with E-state index in [1.54, 1.807) is 29.2 Å². The monoisotopic (exact) mass is 387 g/mol. The third kappa shape index (κ3) is 4.62. The van der Waals surface area contributed by atoms with Crippen molar-refractivity contribution in [3.63, 3.8) is 0 Å². The minimum absolute atomic E-state index is 0.0517. The lowest BCUT2D eigenvalue weighted by atomic mass is 9.95. The highest BCUT2D eigenvalue weighted by Gasteiger charge is 2.28. The number of nitrogens with zero attached hydrogens (tertiary/aromatic N) is 2. The molecule has 2 amide bonds. The zero-order valence-electron chi connectivity index (χ0n) is 14.4. The maximum Gasteiger partial charge on any atom is 0.269 e. The average Bonchev–Trinajstić information content (AvgIpc) is 2.69. The first-order valence-corrected chi connectivity index (χ1v) is 8.92. The number of anilines is 1. The summed E-state index contributed by atoms with van der Waals surface area (Å²) in [5.74, 6) is -0.414. The van der Waals surface area contributed by atoms with Gasteiger partial charge >= 0.3 is 0 Å². The van der Waals surface area contributed by atoms with Crippen LogP contribution in [0.25, 0.3) is 0 Å². The molecule has 0 bridgehead atoms. The largest absolute Gasteiger partial charge is 0.339 e. The molecule has 0 saturated carbocycles. The molecule has 0 radical (unpaired) electrons. The van der Waals surface area contributed by atoms with Crippen molar-refractivity contribution in [1.29, 1.82) is 0 Å². The molecule has 1 N–H and O–H groups in total. The molecule has 2 aromatic carbocycles. The fourth-order valence-corrected chi connectivity index (χ4v) is 3.16. The van der Waals surface area contributed by atoms with Crippen LogP contribution >= 0.6 is 11.6 Å². The summed E-state index contributed by atoms with van der Waals surface area (Å²) in [5.41, 5.74) is 1.04. The molecular weight excluding hydrogens is 370 g/mol. The van der Waals surface area contributed by atoms with Crippen molar-refractivity contribution in [2.45, 2.75) is 12.8 Å². The molecule has 27 heavy (non-hydrogen) atoms. The molecule has 1 heterocycles. The highest BCUT2D eigenvalue weighted by Crippen LogP contribution is 2.22. The van der Waals surface area contributed by atoms with Crippen LogP contribution in [0.2, 0.25) is 5.02 Å². The van der Waals surface area contributed by atoms with Crippen molar-refractivity contribution < 1.29 is 14.5 Å². The van der Waals surface area contributed by atoms with Crippen molar-refractivity contribution >= 4 is 34.8 Å². The van der Waals surface area contributed by atoms with E-state index in [2.05, 4.69) is 5.32 Å². The van der Waals surface area contributed by atoms with E-state index < -0.39 is 4.92 Å². The van der Waals surface area contributed by atoms with Crippen LogP contribution in [0.1, 0.15) is 23.2 Å². The van der Waals surface area contributed by atoms with Crippen LogP contribution in [0.5, 0.6) is 0 Å². The highest BCUT2D eigenvalue weighted by molar-refractivity contribution is 6.30. The normalized spacial score (nSPS) is 14.6. The number of halogens is 1. The molecule has 1 aliphatic rings. The summed E-state index contributed by atoms with van der Waals surface area (Å²) in [6.07, 6.45) is 1.14. The predicted molar refractivity (Wildman–Crippen MR) is 102 cm³/mol. The Labute approximate surface area is 161 Å². The van der Waals surface area contributed by atoms with E-state index in [4.69, 9.17) is 11.6 Å². The Hall–Kier alpha value is -2.93. The summed E-state index contributed by atoms with van der Waals surface area (Å²) < 4.78 is 0. The van der Waals surface area contributed by atoms with E-state index in [0.717, 1.165) is 0 Å². The molecular formula is C19H18ClN3O4. The van der Waals surface area contributed by atoms with Crippen LogP contribution in [-0.4, -0.2) is 34.7 Å². The van der Waals surface area contributed by atoms with Crippen LogP contribution < -0.4 is 5.32 Å². The molecule has 1 saturated heterocycles. The number of likely N-dealkylation sites (tertiary alicyclic amines) is 1. The smallest absolute Gasteiger partial charge is 0.269 e. The van der Waals surface area contributed by atoms with Gasteiger partial charge in [-0.15, -0.1) is 0 Å². The van der Waals surface area contributed by atoms with Gasteiger partial charge in [0, 0.05) is 47.4 Å². The maximum atomic E-state index is 12.5. The number of non-ortho nitro benzene ring substituents is 1. The fourth-order valence-electron chi connectivity index (χ4n) is 3.03. The van der Waals surface area contributed by atoms with Gasteiger partial charge in [-0.2, -0.15) is 0 Å². The van der Waals surface area contributed by atoms with Crippen LogP contribution in [0.15, 0.2) is 48.5 Å². The van der Waals surface area contributed by atoms with Gasteiger partial charge < -0.3 is 10.2 Å². The zero-order chi connectivity index (χ0) is 19.4. The van der Waals surface area contributed by atoms with Gasteiger partial charge in [0.05, 0.1) is 4.92 Å². The lowest BCUT2D eigenvalue weighted by Crippen LogP contribution is -2.41. The number of piperidine rings is 1. The van der Waals surface area contributed by atoms with Gasteiger partial charge in [-0.05, 0) is 49.2 Å². The SMILES string of the molecule is O=C(Nc1ccc(Cl)cc1)C1CCN(C(=O)c2ccc([N+](=O)[O-])cc2)CC1. The molecule has 3 rings (SSSR count). The second-order valence-electron chi connectivity index (χ2n) is 6.37. The second kappa shape index (κ2) is 8.18. The summed E-state index contributed by atoms with van der Waals surface area (Å²) in [6.45, 7) is 0.934. The number of nitro benzene ring substituents is 1. The Kier molecular flexibility index (Phi) is 5.71. The Balaban J connectivity index is 1.54. The van der Waals surface area contributed by atoms with Crippen molar-refractivity contribution in [2.24, 2.45) is 5.92 Å². The van der Waals surface area contributed by atoms with E-state index >= 15 is 0 Å². The van der Waals surface area contributed by atoms with E-state index in [-0.39, 0.29) is 23.4 Å². The highest BCUT2D eigenvalue weighted by atomic mass is 35.5. The average molecular weight is 388 g/mol. The number of nitrogens with one attached hydrogen (secondary N) is 1. The van der Waals surface area contributed by atoms with Gasteiger partial charge in [-0.3, -0.25) is 19.7 Å². The molecule has 0 spiro atoms. The summed E-state index contributed by atoms with van der Waals surface area (Å²) in [5, 5.41) is 14.2. The van der Waals surface area contributed by atoms with E-state index in [0.29, 0.717) is 42.2 Å². The first-order chi connectivity index (χ1) is 12.9. The van der Waals surface area contributed by atoms with Crippen LogP contribution in [0.3, 0.4) is 0 Å². The lowest BCUT2D eigenvalue weighted by molar-refractivity contribution is -0.384. The fraction of sp³-hybridized carbons (Fsp3) is 0.263. The number of hydrogen-bond donors (Lipinski definition) is 1. The molecule has 140 valence electrons. The summed E-state index contributed by atoms with van der Waals surface area (Å²) in [7, 11) is 0. The van der Waals surface area contributed by atoms with E-state index in [1.165, 1.54) is 24.3 Å². The molecule has 0 atom stereocenters. The van der Waals surface area contributed by atoms with Crippen molar-refractivity contribution in [3.8, 4) is 0 Å². The number of carbonyl (C=O) groups is 2. The molecule has 0 aliphatic carbocycles. The van der Waals surface area contributed by atoms with Gasteiger partial charge in [-0.1, -0.05) is 11.6 Å². The van der Waals surface area contributed by atoms with Gasteiger partial charge in [0.1, 0.15) is 0 Å². The molecule has 1 fully saturated rings. The quantitative estimate of drug-likeness (QED) is 0.638. The Morgan fingerprint density at radius 2 is 1.63 bits per heavy atom. The van der Waals surface area contributed by atoms with Crippen molar-refractivity contribution in [3.05, 3.63) is 69.2 Å². The van der Waals surface area contributed by atoms with Gasteiger partial charge in [0.15, 0.2) is 0 Å². The minimum atomic E-state index is -0.501. The predicted octanol–water partition coefficient (Wildman–Crippen LogP) is 3.74. The number of carbonyl (C=O) groups excluding carboxylic acids is 2. The number of amides is 2. The van der Waals surface area contributed by atoms with Gasteiger partial charge in [0.25, 0.3) is 11.6 Å². The maximum absolute atomic E-state index is 12.5. The van der Waals surface area contributed by atoms with Gasteiger partial charge in [-0.25, -0.2) is 0 Å². The minimum Gasteiger partial charge on any atom is -0.339 e. The Morgan fingerprint density at radius 1 is 1.04 bits per heavy atom. The van der Waals surface area contributed by atoms with Crippen LogP contribution in [0.4, 0.5) is 11.4 Å². The third-order valence-electron chi connectivity index (χ3n) is 4.59. The van der Waals surface area contributed by atoms with E-state index in [1.807, 2.05) is 0 Å². The molecule has 2 aromatic rings. The zero-order valence-corrected chi connectivity index (χ0v) is 15.2. The van der Waals surface area contributed by atoms with Crippen LogP contribution in [-0.2, 0) is 4.79 Å². The number of hydrogen-bond acceptors (Lipinski definition) is 4. The Bertz CT molecular complexity index is 844. The Morgan fingerprint density at radius 3 is 2.19 bits per heavy atom. The third-order valence-corrected chi connectivity index (χ3v) is 4.84. The number of nitro groups is 1. The number of benzene rings is 2. The van der Waals surface area contributed by atoms with E-state index in [9.17, 15) is 19.7 Å². The number of rotatable bonds is 4.